The standard InChI is InChI=1S/C20H19NS/c1-22(2)19-14-8-6-12-17(19)21(16-10-4-3-5-11-16)18-13-7-9-15-20(18)22/h3-15H,1-2H3. The molecule has 0 radical (unpaired) electrons. The summed E-state index contributed by atoms with van der Waals surface area (Å²) >= 11 is 0. The van der Waals surface area contributed by atoms with E-state index >= 15 is 0 Å². The minimum Gasteiger partial charge on any atom is -0.308 e. The summed E-state index contributed by atoms with van der Waals surface area (Å²) in [5.74, 6) is 0. The van der Waals surface area contributed by atoms with Crippen LogP contribution in [0.1, 0.15) is 0 Å². The van der Waals surface area contributed by atoms with E-state index in [4.69, 9.17) is 0 Å². The van der Waals surface area contributed by atoms with Gasteiger partial charge in [0.2, 0.25) is 0 Å². The summed E-state index contributed by atoms with van der Waals surface area (Å²) in [7, 11) is -0.984. The van der Waals surface area contributed by atoms with Crippen molar-refractivity contribution in [3.8, 4) is 0 Å². The molecule has 0 saturated heterocycles. The Morgan fingerprint density at radius 2 is 1.05 bits per heavy atom. The molecule has 1 aliphatic rings. The Bertz CT molecular complexity index is 774. The third-order valence-electron chi connectivity index (χ3n) is 4.33. The van der Waals surface area contributed by atoms with Crippen LogP contribution in [-0.4, -0.2) is 12.5 Å². The zero-order chi connectivity index (χ0) is 15.2. The van der Waals surface area contributed by atoms with Gasteiger partial charge in [0.15, 0.2) is 0 Å². The van der Waals surface area contributed by atoms with Gasteiger partial charge in [-0.2, -0.15) is 10.0 Å². The fourth-order valence-corrected chi connectivity index (χ4v) is 5.69. The Kier molecular flexibility index (Phi) is 3.02. The highest BCUT2D eigenvalue weighted by Crippen LogP contribution is 2.67. The van der Waals surface area contributed by atoms with Crippen molar-refractivity contribution in [3.05, 3.63) is 78.9 Å². The van der Waals surface area contributed by atoms with Crippen molar-refractivity contribution in [1.29, 1.82) is 0 Å². The van der Waals surface area contributed by atoms with Gasteiger partial charge in [0.05, 0.1) is 11.4 Å². The number of hydrogen-bond donors (Lipinski definition) is 0. The number of para-hydroxylation sites is 3. The number of benzene rings is 3. The van der Waals surface area contributed by atoms with Crippen molar-refractivity contribution in [2.24, 2.45) is 0 Å². The maximum Gasteiger partial charge on any atom is 0.0586 e. The minimum atomic E-state index is -0.984. The van der Waals surface area contributed by atoms with E-state index in [1.54, 1.807) is 0 Å². The lowest BCUT2D eigenvalue weighted by Crippen LogP contribution is -2.19. The van der Waals surface area contributed by atoms with Crippen LogP contribution in [0, 0.1) is 0 Å². The summed E-state index contributed by atoms with van der Waals surface area (Å²) in [5, 5.41) is 0. The number of nitrogens with zero attached hydrogens (tertiary/aromatic N) is 1. The van der Waals surface area contributed by atoms with Crippen molar-refractivity contribution in [1.82, 2.24) is 0 Å². The average molecular weight is 305 g/mol. The molecule has 1 heterocycles. The van der Waals surface area contributed by atoms with Crippen LogP contribution in [0.5, 0.6) is 0 Å². The van der Waals surface area contributed by atoms with Crippen molar-refractivity contribution < 1.29 is 0 Å². The molecule has 3 aromatic rings. The molecular weight excluding hydrogens is 286 g/mol. The lowest BCUT2D eigenvalue weighted by molar-refractivity contribution is 1.15. The zero-order valence-corrected chi connectivity index (χ0v) is 13.7. The van der Waals surface area contributed by atoms with E-state index in [0.717, 1.165) is 0 Å². The van der Waals surface area contributed by atoms with E-state index in [0.29, 0.717) is 0 Å². The van der Waals surface area contributed by atoms with Gasteiger partial charge in [0.25, 0.3) is 0 Å². The van der Waals surface area contributed by atoms with Gasteiger partial charge in [-0.1, -0.05) is 42.5 Å². The maximum atomic E-state index is 2.40. The van der Waals surface area contributed by atoms with E-state index in [9.17, 15) is 0 Å². The molecular formula is C20H19NS. The van der Waals surface area contributed by atoms with Crippen LogP contribution in [-0.2, 0) is 0 Å². The molecule has 2 heteroatoms. The van der Waals surface area contributed by atoms with Crippen LogP contribution >= 0.6 is 10.0 Å². The molecule has 0 fully saturated rings. The Balaban J connectivity index is 2.05. The quantitative estimate of drug-likeness (QED) is 0.537. The first-order chi connectivity index (χ1) is 10.7. The van der Waals surface area contributed by atoms with E-state index in [2.05, 4.69) is 96.3 Å². The van der Waals surface area contributed by atoms with Crippen LogP contribution in [0.15, 0.2) is 88.7 Å². The molecule has 1 aliphatic heterocycles. The minimum absolute atomic E-state index is 0.984. The highest BCUT2D eigenvalue weighted by atomic mass is 32.3. The monoisotopic (exact) mass is 305 g/mol. The first kappa shape index (κ1) is 13.5. The summed E-state index contributed by atoms with van der Waals surface area (Å²) in [5.41, 5.74) is 3.84. The summed E-state index contributed by atoms with van der Waals surface area (Å²) in [4.78, 5) is 5.30. The first-order valence-electron chi connectivity index (χ1n) is 7.46. The van der Waals surface area contributed by atoms with Crippen LogP contribution in [0.2, 0.25) is 0 Å². The van der Waals surface area contributed by atoms with Crippen LogP contribution in [0.25, 0.3) is 0 Å². The number of anilines is 3. The zero-order valence-electron chi connectivity index (χ0n) is 12.9. The second-order valence-electron chi connectivity index (χ2n) is 5.93. The van der Waals surface area contributed by atoms with Crippen LogP contribution < -0.4 is 4.90 Å². The summed E-state index contributed by atoms with van der Waals surface area (Å²) < 4.78 is 0. The van der Waals surface area contributed by atoms with Gasteiger partial charge in [-0.15, -0.1) is 0 Å². The summed E-state index contributed by atoms with van der Waals surface area (Å²) in [6.45, 7) is 0. The first-order valence-corrected chi connectivity index (χ1v) is 9.91. The van der Waals surface area contributed by atoms with Gasteiger partial charge in [-0.05, 0) is 48.9 Å². The molecule has 0 spiro atoms. The molecule has 0 atom stereocenters. The smallest absolute Gasteiger partial charge is 0.0586 e. The van der Waals surface area contributed by atoms with E-state index in [1.165, 1.54) is 26.9 Å². The molecule has 110 valence electrons. The number of rotatable bonds is 1. The van der Waals surface area contributed by atoms with Gasteiger partial charge in [0.1, 0.15) is 0 Å². The average Bonchev–Trinajstić information content (AvgIpc) is 2.56. The predicted molar refractivity (Wildman–Crippen MR) is 97.1 cm³/mol. The van der Waals surface area contributed by atoms with Gasteiger partial charge >= 0.3 is 0 Å². The van der Waals surface area contributed by atoms with Crippen LogP contribution in [0.4, 0.5) is 17.1 Å². The summed E-state index contributed by atoms with van der Waals surface area (Å²) in [6, 6.07) is 28.3. The Morgan fingerprint density at radius 3 is 1.59 bits per heavy atom. The Morgan fingerprint density at radius 1 is 0.591 bits per heavy atom. The normalized spacial score (nSPS) is 16.5. The van der Waals surface area contributed by atoms with Gasteiger partial charge in [-0.3, -0.25) is 0 Å². The summed E-state index contributed by atoms with van der Waals surface area (Å²) in [6.07, 6.45) is 4.79. The second-order valence-corrected chi connectivity index (χ2v) is 9.47. The molecule has 1 nitrogen and oxygen atoms in total. The number of fused-ring (bicyclic) bond motifs is 2. The predicted octanol–water partition coefficient (Wildman–Crippen LogP) is 5.95. The van der Waals surface area contributed by atoms with Crippen molar-refractivity contribution in [2.45, 2.75) is 9.79 Å². The third kappa shape index (κ3) is 1.87. The highest BCUT2D eigenvalue weighted by molar-refractivity contribution is 8.33. The highest BCUT2D eigenvalue weighted by Gasteiger charge is 2.32. The van der Waals surface area contributed by atoms with Gasteiger partial charge < -0.3 is 4.90 Å². The second kappa shape index (κ2) is 4.92. The molecule has 0 unspecified atom stereocenters. The fraction of sp³-hybridized carbons (Fsp3) is 0.100. The third-order valence-corrected chi connectivity index (χ3v) is 7.22. The fourth-order valence-electron chi connectivity index (χ4n) is 3.25. The topological polar surface area (TPSA) is 3.24 Å². The van der Waals surface area contributed by atoms with Gasteiger partial charge in [-0.25, -0.2) is 0 Å². The number of hydrogen-bond acceptors (Lipinski definition) is 1. The molecule has 4 rings (SSSR count). The van der Waals surface area contributed by atoms with E-state index in [-0.39, 0.29) is 0 Å². The molecule has 0 aromatic heterocycles. The molecule has 0 bridgehead atoms. The molecule has 3 aromatic carbocycles. The largest absolute Gasteiger partial charge is 0.308 e. The van der Waals surface area contributed by atoms with Crippen molar-refractivity contribution >= 4 is 27.1 Å². The molecule has 0 aliphatic carbocycles. The Hall–Kier alpha value is -2.19. The molecule has 0 amide bonds. The molecule has 0 saturated carbocycles. The molecule has 22 heavy (non-hydrogen) atoms. The lowest BCUT2D eigenvalue weighted by Gasteiger charge is -2.44. The van der Waals surface area contributed by atoms with Crippen molar-refractivity contribution in [3.63, 3.8) is 0 Å². The van der Waals surface area contributed by atoms with E-state index < -0.39 is 10.0 Å². The van der Waals surface area contributed by atoms with E-state index in [1.807, 2.05) is 0 Å². The lowest BCUT2D eigenvalue weighted by atomic mass is 10.2. The SMILES string of the molecule is CS1(C)c2ccccc2N(c2ccccc2)c2ccccc21. The molecule has 0 N–H and O–H groups in total. The van der Waals surface area contributed by atoms with Crippen LogP contribution in [0.3, 0.4) is 0 Å². The Labute approximate surface area is 133 Å². The van der Waals surface area contributed by atoms with Crippen molar-refractivity contribution in [2.75, 3.05) is 17.4 Å². The van der Waals surface area contributed by atoms with Gasteiger partial charge in [0, 0.05) is 15.5 Å². The maximum absolute atomic E-state index is 2.40.